The van der Waals surface area contributed by atoms with E-state index in [0.717, 1.165) is 27.1 Å². The average molecular weight is 397 g/mol. The first-order chi connectivity index (χ1) is 13.5. The molecule has 0 aliphatic carbocycles. The van der Waals surface area contributed by atoms with Crippen molar-refractivity contribution in [2.24, 2.45) is 0 Å². The van der Waals surface area contributed by atoms with E-state index in [9.17, 15) is 4.79 Å². The topological polar surface area (TPSA) is 60.5 Å². The van der Waals surface area contributed by atoms with Crippen molar-refractivity contribution in [3.8, 4) is 11.5 Å². The molecule has 3 aromatic rings. The quantitative estimate of drug-likeness (QED) is 0.602. The lowest BCUT2D eigenvalue weighted by Gasteiger charge is -2.14. The molecule has 146 valence electrons. The average Bonchev–Trinajstić information content (AvgIpc) is 2.71. The minimum atomic E-state index is -0.256. The van der Waals surface area contributed by atoms with E-state index in [1.54, 1.807) is 14.2 Å². The lowest BCUT2D eigenvalue weighted by atomic mass is 10.1. The van der Waals surface area contributed by atoms with Crippen LogP contribution in [0, 0.1) is 6.92 Å². The molecule has 0 spiro atoms. The van der Waals surface area contributed by atoms with E-state index < -0.39 is 0 Å². The molecular formula is C22H24N2O3S. The Morgan fingerprint density at radius 3 is 2.61 bits per heavy atom. The molecule has 0 fully saturated rings. The maximum atomic E-state index is 12.5. The van der Waals surface area contributed by atoms with E-state index in [2.05, 4.69) is 23.3 Å². The highest BCUT2D eigenvalue weighted by atomic mass is 32.2. The molecule has 0 saturated heterocycles. The maximum absolute atomic E-state index is 12.5. The largest absolute Gasteiger partial charge is 0.493 e. The molecule has 0 aliphatic heterocycles. The van der Waals surface area contributed by atoms with Crippen LogP contribution in [0.2, 0.25) is 0 Å². The monoisotopic (exact) mass is 396 g/mol. The zero-order valence-corrected chi connectivity index (χ0v) is 17.3. The highest BCUT2D eigenvalue weighted by molar-refractivity contribution is 8.00. The fraction of sp³-hybridized carbons (Fsp3) is 0.273. The number of fused-ring (bicyclic) bond motifs is 1. The fourth-order valence-electron chi connectivity index (χ4n) is 2.94. The van der Waals surface area contributed by atoms with E-state index >= 15 is 0 Å². The lowest BCUT2D eigenvalue weighted by Crippen LogP contribution is -2.30. The lowest BCUT2D eigenvalue weighted by molar-refractivity contribution is -0.120. The number of benzene rings is 2. The molecule has 1 N–H and O–H groups in total. The number of nitrogens with one attached hydrogen (secondary N) is 1. The molecule has 1 amide bonds. The van der Waals surface area contributed by atoms with Crippen molar-refractivity contribution in [1.82, 2.24) is 10.3 Å². The summed E-state index contributed by atoms with van der Waals surface area (Å²) in [4.78, 5) is 17.2. The number of hydrogen-bond donors (Lipinski definition) is 1. The number of aryl methyl sites for hydroxylation is 1. The predicted octanol–water partition coefficient (Wildman–Crippen LogP) is 4.36. The van der Waals surface area contributed by atoms with E-state index in [1.165, 1.54) is 11.8 Å². The summed E-state index contributed by atoms with van der Waals surface area (Å²) in [7, 11) is 3.19. The number of rotatable bonds is 7. The molecule has 2 aromatic carbocycles. The van der Waals surface area contributed by atoms with Crippen LogP contribution in [-0.2, 0) is 11.3 Å². The van der Waals surface area contributed by atoms with Crippen LogP contribution < -0.4 is 14.8 Å². The Hall–Kier alpha value is -2.73. The van der Waals surface area contributed by atoms with Crippen LogP contribution in [0.15, 0.2) is 53.6 Å². The number of carbonyl (C=O) groups excluding carboxylic acids is 1. The van der Waals surface area contributed by atoms with Gasteiger partial charge in [-0.3, -0.25) is 4.79 Å². The van der Waals surface area contributed by atoms with Gasteiger partial charge in [0.1, 0.15) is 0 Å². The molecular weight excluding hydrogens is 372 g/mol. The number of ether oxygens (including phenoxy) is 2. The third kappa shape index (κ3) is 4.57. The SMILES string of the molecule is COc1ccc(CNC(=O)C(C)Sc2cc(C)c3ccccc3n2)cc1OC. The van der Waals surface area contributed by atoms with Crippen molar-refractivity contribution < 1.29 is 14.3 Å². The Morgan fingerprint density at radius 2 is 1.86 bits per heavy atom. The summed E-state index contributed by atoms with van der Waals surface area (Å²) in [5, 5.41) is 4.71. The van der Waals surface area contributed by atoms with Crippen LogP contribution in [0.1, 0.15) is 18.1 Å². The number of amides is 1. The Morgan fingerprint density at radius 1 is 1.11 bits per heavy atom. The smallest absolute Gasteiger partial charge is 0.233 e. The van der Waals surface area contributed by atoms with Gasteiger partial charge in [0, 0.05) is 11.9 Å². The van der Waals surface area contributed by atoms with E-state index in [0.29, 0.717) is 18.0 Å². The van der Waals surface area contributed by atoms with Crippen molar-refractivity contribution in [2.45, 2.75) is 30.7 Å². The molecule has 0 saturated carbocycles. The number of thioether (sulfide) groups is 1. The molecule has 5 nitrogen and oxygen atoms in total. The molecule has 28 heavy (non-hydrogen) atoms. The summed E-state index contributed by atoms with van der Waals surface area (Å²) in [5.74, 6) is 1.28. The number of para-hydroxylation sites is 1. The number of methoxy groups -OCH3 is 2. The van der Waals surface area contributed by atoms with Gasteiger partial charge in [-0.15, -0.1) is 0 Å². The number of aromatic nitrogens is 1. The minimum absolute atomic E-state index is 0.0348. The van der Waals surface area contributed by atoms with Crippen LogP contribution in [0.5, 0.6) is 11.5 Å². The fourth-order valence-corrected chi connectivity index (χ4v) is 3.89. The van der Waals surface area contributed by atoms with Crippen LogP contribution in [0.4, 0.5) is 0 Å². The van der Waals surface area contributed by atoms with Gasteiger partial charge in [0.05, 0.1) is 30.0 Å². The summed E-state index contributed by atoms with van der Waals surface area (Å²) in [5.41, 5.74) is 3.05. The van der Waals surface area contributed by atoms with E-state index in [1.807, 2.05) is 49.4 Å². The molecule has 0 radical (unpaired) electrons. The molecule has 1 aromatic heterocycles. The summed E-state index contributed by atoms with van der Waals surface area (Å²) in [6.45, 7) is 4.38. The van der Waals surface area contributed by atoms with Crippen LogP contribution in [-0.4, -0.2) is 30.4 Å². The summed E-state index contributed by atoms with van der Waals surface area (Å²) in [6, 6.07) is 15.7. The van der Waals surface area contributed by atoms with Gasteiger partial charge in [-0.2, -0.15) is 0 Å². The van der Waals surface area contributed by atoms with Crippen LogP contribution >= 0.6 is 11.8 Å². The number of pyridine rings is 1. The second-order valence-electron chi connectivity index (χ2n) is 6.46. The molecule has 0 aliphatic rings. The second kappa shape index (κ2) is 8.97. The molecule has 6 heteroatoms. The molecule has 3 rings (SSSR count). The number of carbonyl (C=O) groups is 1. The van der Waals surface area contributed by atoms with Gasteiger partial charge in [-0.05, 0) is 49.2 Å². The van der Waals surface area contributed by atoms with Gasteiger partial charge in [0.15, 0.2) is 11.5 Å². The zero-order chi connectivity index (χ0) is 20.1. The second-order valence-corrected chi connectivity index (χ2v) is 7.82. The first-order valence-corrected chi connectivity index (χ1v) is 9.91. The standard InChI is InChI=1S/C22H24N2O3S/c1-14-11-21(24-18-8-6-5-7-17(14)18)28-15(2)22(25)23-13-16-9-10-19(26-3)20(12-16)27-4/h5-12,15H,13H2,1-4H3,(H,23,25). The predicted molar refractivity (Wildman–Crippen MR) is 113 cm³/mol. The van der Waals surface area contributed by atoms with Crippen molar-refractivity contribution in [3.63, 3.8) is 0 Å². The summed E-state index contributed by atoms with van der Waals surface area (Å²) in [6.07, 6.45) is 0. The number of hydrogen-bond acceptors (Lipinski definition) is 5. The first kappa shape index (κ1) is 20.0. The zero-order valence-electron chi connectivity index (χ0n) is 16.5. The first-order valence-electron chi connectivity index (χ1n) is 9.03. The van der Waals surface area contributed by atoms with Crippen molar-refractivity contribution in [3.05, 3.63) is 59.7 Å². The number of nitrogens with zero attached hydrogens (tertiary/aromatic N) is 1. The summed E-state index contributed by atoms with van der Waals surface area (Å²) < 4.78 is 10.5. The molecule has 1 unspecified atom stereocenters. The third-order valence-corrected chi connectivity index (χ3v) is 5.50. The summed E-state index contributed by atoms with van der Waals surface area (Å²) >= 11 is 1.46. The Kier molecular flexibility index (Phi) is 6.41. The van der Waals surface area contributed by atoms with Crippen molar-refractivity contribution in [1.29, 1.82) is 0 Å². The normalized spacial score (nSPS) is 11.9. The molecule has 1 atom stereocenters. The van der Waals surface area contributed by atoms with Crippen LogP contribution in [0.3, 0.4) is 0 Å². The van der Waals surface area contributed by atoms with Gasteiger partial charge in [-0.25, -0.2) is 4.98 Å². The Labute approximate surface area is 169 Å². The van der Waals surface area contributed by atoms with Gasteiger partial charge in [-0.1, -0.05) is 36.0 Å². The third-order valence-electron chi connectivity index (χ3n) is 4.48. The van der Waals surface area contributed by atoms with Gasteiger partial charge in [0.2, 0.25) is 5.91 Å². The van der Waals surface area contributed by atoms with E-state index in [-0.39, 0.29) is 11.2 Å². The Bertz CT molecular complexity index is 991. The van der Waals surface area contributed by atoms with Gasteiger partial charge in [0.25, 0.3) is 0 Å². The van der Waals surface area contributed by atoms with E-state index in [4.69, 9.17) is 9.47 Å². The molecule has 0 bridgehead atoms. The maximum Gasteiger partial charge on any atom is 0.233 e. The van der Waals surface area contributed by atoms with Crippen molar-refractivity contribution >= 4 is 28.6 Å². The minimum Gasteiger partial charge on any atom is -0.493 e. The highest BCUT2D eigenvalue weighted by Gasteiger charge is 2.16. The van der Waals surface area contributed by atoms with Crippen LogP contribution in [0.25, 0.3) is 10.9 Å². The van der Waals surface area contributed by atoms with Gasteiger partial charge < -0.3 is 14.8 Å². The van der Waals surface area contributed by atoms with Gasteiger partial charge >= 0.3 is 0 Å². The molecule has 1 heterocycles. The van der Waals surface area contributed by atoms with Crippen molar-refractivity contribution in [2.75, 3.05) is 14.2 Å². The Balaban J connectivity index is 1.63. The highest BCUT2D eigenvalue weighted by Crippen LogP contribution is 2.28.